The summed E-state index contributed by atoms with van der Waals surface area (Å²) in [5.41, 5.74) is 7.08. The zero-order valence-corrected chi connectivity index (χ0v) is 29.4. The normalized spacial score (nSPS) is 13.1. The maximum atomic E-state index is 13.2. The van der Waals surface area contributed by atoms with Crippen LogP contribution in [0.5, 0.6) is 5.75 Å². The number of para-hydroxylation sites is 1. The van der Waals surface area contributed by atoms with E-state index in [0.29, 0.717) is 29.6 Å². The van der Waals surface area contributed by atoms with Gasteiger partial charge >= 0.3 is 0 Å². The van der Waals surface area contributed by atoms with Gasteiger partial charge in [-0.3, -0.25) is 19.0 Å². The van der Waals surface area contributed by atoms with Crippen molar-refractivity contribution in [2.45, 2.75) is 108 Å². The second-order valence-electron chi connectivity index (χ2n) is 12.5. The van der Waals surface area contributed by atoms with Crippen LogP contribution in [0.25, 0.3) is 0 Å². The molecule has 10 nitrogen and oxygen atoms in total. The number of hydrazone groups is 1. The monoisotopic (exact) mass is 690 g/mol. The van der Waals surface area contributed by atoms with Crippen LogP contribution in [0.1, 0.15) is 114 Å². The van der Waals surface area contributed by atoms with Gasteiger partial charge in [0.15, 0.2) is 0 Å². The minimum atomic E-state index is -4.58. The minimum absolute atomic E-state index is 0.0963. The van der Waals surface area contributed by atoms with Crippen molar-refractivity contribution in [1.29, 1.82) is 0 Å². The Hall–Kier alpha value is -4.22. The second kappa shape index (κ2) is 19.1. The van der Waals surface area contributed by atoms with E-state index in [4.69, 9.17) is 10.5 Å². The van der Waals surface area contributed by atoms with Gasteiger partial charge in [0.25, 0.3) is 16.0 Å². The van der Waals surface area contributed by atoms with E-state index in [1.165, 1.54) is 93.8 Å². The largest absolute Gasteiger partial charge is 0.491 e. The first-order valence-electron chi connectivity index (χ1n) is 17.6. The molecule has 1 aliphatic rings. The number of carbonyl (C=O) groups is 2. The Bertz CT molecular complexity index is 1640. The molecule has 0 saturated carbocycles. The van der Waals surface area contributed by atoms with Crippen molar-refractivity contribution in [2.24, 2.45) is 10.8 Å². The van der Waals surface area contributed by atoms with E-state index in [1.54, 1.807) is 53.4 Å². The van der Waals surface area contributed by atoms with Gasteiger partial charge in [-0.25, -0.2) is 0 Å². The summed E-state index contributed by atoms with van der Waals surface area (Å²) in [6, 6.07) is 19.4. The number of benzene rings is 3. The quantitative estimate of drug-likeness (QED) is 0.0840. The molecule has 49 heavy (non-hydrogen) atoms. The molecule has 0 bridgehead atoms. The van der Waals surface area contributed by atoms with Crippen LogP contribution in [0, 0.1) is 0 Å². The van der Waals surface area contributed by atoms with Gasteiger partial charge in [0.2, 0.25) is 5.91 Å². The molecule has 0 fully saturated rings. The second-order valence-corrected chi connectivity index (χ2v) is 14.0. The van der Waals surface area contributed by atoms with Crippen molar-refractivity contribution in [1.82, 2.24) is 0 Å². The molecule has 2 amide bonds. The summed E-state index contributed by atoms with van der Waals surface area (Å²) >= 11 is 0. The molecule has 0 unspecified atom stereocenters. The van der Waals surface area contributed by atoms with Gasteiger partial charge in [-0.1, -0.05) is 109 Å². The fourth-order valence-electron chi connectivity index (χ4n) is 5.95. The molecule has 4 rings (SSSR count). The van der Waals surface area contributed by atoms with E-state index in [2.05, 4.69) is 12.0 Å². The Morgan fingerprint density at radius 2 is 1.41 bits per heavy atom. The maximum Gasteiger partial charge on any atom is 0.294 e. The molecule has 0 saturated heterocycles. The first kappa shape index (κ1) is 37.6. The number of amidine groups is 1. The number of nitrogens with zero attached hydrogens (tertiary/aromatic N) is 3. The number of amides is 2. The highest BCUT2D eigenvalue weighted by molar-refractivity contribution is 7.85. The number of rotatable bonds is 21. The van der Waals surface area contributed by atoms with Gasteiger partial charge < -0.3 is 10.5 Å². The smallest absolute Gasteiger partial charge is 0.294 e. The first-order chi connectivity index (χ1) is 23.7. The van der Waals surface area contributed by atoms with E-state index in [-0.39, 0.29) is 28.5 Å². The number of nitrogens with two attached hydrogens (primary N) is 1. The first-order valence-corrected chi connectivity index (χ1v) is 19.0. The standard InChI is InChI=1S/C38H50N4O6S/c1-2-3-4-5-6-7-8-9-10-11-12-13-14-18-27-48-35-26-25-33(49(45,46)47)28-34(35)41(31-23-21-30(22-24-31)38(39)44)36-29-37(43)42(40-36)32-19-16-15-17-20-32/h15-17,19-26,28H,2-14,18,27,29H2,1H3,(H2,39,44)(H,45,46,47). The summed E-state index contributed by atoms with van der Waals surface area (Å²) in [4.78, 5) is 26.3. The molecular formula is C38H50N4O6S. The van der Waals surface area contributed by atoms with Crippen molar-refractivity contribution in [3.05, 3.63) is 78.4 Å². The lowest BCUT2D eigenvalue weighted by molar-refractivity contribution is -0.116. The van der Waals surface area contributed by atoms with Crippen molar-refractivity contribution < 1.29 is 27.3 Å². The molecule has 11 heteroatoms. The number of hydrogen-bond donors (Lipinski definition) is 2. The van der Waals surface area contributed by atoms with E-state index in [1.807, 2.05) is 6.07 Å². The Balaban J connectivity index is 1.45. The molecule has 3 aromatic carbocycles. The Morgan fingerprint density at radius 1 is 0.837 bits per heavy atom. The van der Waals surface area contributed by atoms with E-state index in [0.717, 1.165) is 19.3 Å². The average molecular weight is 691 g/mol. The SMILES string of the molecule is CCCCCCCCCCCCCCCCOc1ccc(S(=O)(=O)O)cc1N(C1=NN(c2ccccc2)C(=O)C1)c1ccc(C(N)=O)cc1. The Labute approximate surface area is 291 Å². The molecule has 264 valence electrons. The number of primary amides is 1. The number of unbranched alkanes of at least 4 members (excludes halogenated alkanes) is 13. The van der Waals surface area contributed by atoms with Gasteiger partial charge in [-0.05, 0) is 61.0 Å². The van der Waals surface area contributed by atoms with Crippen LogP contribution in [-0.2, 0) is 14.9 Å². The van der Waals surface area contributed by atoms with E-state index < -0.39 is 16.0 Å². The minimum Gasteiger partial charge on any atom is -0.491 e. The highest BCUT2D eigenvalue weighted by atomic mass is 32.2. The summed E-state index contributed by atoms with van der Waals surface area (Å²) in [7, 11) is -4.58. The average Bonchev–Trinajstić information content (AvgIpc) is 3.47. The zero-order valence-electron chi connectivity index (χ0n) is 28.6. The zero-order chi connectivity index (χ0) is 35.1. The molecule has 0 aromatic heterocycles. The van der Waals surface area contributed by atoms with Crippen LogP contribution in [0.4, 0.5) is 17.1 Å². The van der Waals surface area contributed by atoms with E-state index >= 15 is 0 Å². The fourth-order valence-corrected chi connectivity index (χ4v) is 6.45. The van der Waals surface area contributed by atoms with E-state index in [9.17, 15) is 22.6 Å². The molecule has 1 aliphatic heterocycles. The molecule has 1 heterocycles. The lowest BCUT2D eigenvalue weighted by atomic mass is 10.0. The molecule has 0 atom stereocenters. The molecule has 3 N–H and O–H groups in total. The third kappa shape index (κ3) is 11.4. The summed E-state index contributed by atoms with van der Waals surface area (Å²) in [5.74, 6) is -0.230. The number of hydrogen-bond acceptors (Lipinski definition) is 7. The van der Waals surface area contributed by atoms with Crippen molar-refractivity contribution in [3.8, 4) is 5.75 Å². The highest BCUT2D eigenvalue weighted by Crippen LogP contribution is 2.39. The van der Waals surface area contributed by atoms with Gasteiger partial charge in [-0.15, -0.1) is 0 Å². The Kier molecular flexibility index (Phi) is 14.6. The molecule has 0 spiro atoms. The summed E-state index contributed by atoms with van der Waals surface area (Å²) < 4.78 is 40.7. The number of ether oxygens (including phenoxy) is 1. The lowest BCUT2D eigenvalue weighted by Crippen LogP contribution is -2.26. The number of carbonyl (C=O) groups excluding carboxylic acids is 2. The van der Waals surface area contributed by atoms with Crippen LogP contribution in [0.15, 0.2) is 82.8 Å². The summed E-state index contributed by atoms with van der Waals surface area (Å²) in [6.45, 7) is 2.64. The lowest BCUT2D eigenvalue weighted by Gasteiger charge is -2.27. The van der Waals surface area contributed by atoms with Crippen LogP contribution < -0.4 is 20.4 Å². The molecule has 0 radical (unpaired) electrons. The van der Waals surface area contributed by atoms with Crippen molar-refractivity contribution in [2.75, 3.05) is 16.5 Å². The highest BCUT2D eigenvalue weighted by Gasteiger charge is 2.32. The Morgan fingerprint density at radius 3 is 1.96 bits per heavy atom. The van der Waals surface area contributed by atoms with Crippen LogP contribution in [0.2, 0.25) is 0 Å². The number of anilines is 3. The van der Waals surface area contributed by atoms with Gasteiger partial charge in [-0.2, -0.15) is 18.5 Å². The van der Waals surface area contributed by atoms with Crippen molar-refractivity contribution >= 4 is 44.8 Å². The van der Waals surface area contributed by atoms with Crippen LogP contribution >= 0.6 is 0 Å². The summed E-state index contributed by atoms with van der Waals surface area (Å²) in [5, 5.41) is 5.92. The molecule has 0 aliphatic carbocycles. The van der Waals surface area contributed by atoms with Crippen molar-refractivity contribution in [3.63, 3.8) is 0 Å². The molecular weight excluding hydrogens is 641 g/mol. The maximum absolute atomic E-state index is 13.2. The van der Waals surface area contributed by atoms with Gasteiger partial charge in [0, 0.05) is 11.3 Å². The van der Waals surface area contributed by atoms with Crippen LogP contribution in [-0.4, -0.2) is 37.2 Å². The summed E-state index contributed by atoms with van der Waals surface area (Å²) in [6.07, 6.45) is 17.2. The third-order valence-corrected chi connectivity index (χ3v) is 9.50. The third-order valence-electron chi connectivity index (χ3n) is 8.65. The predicted molar refractivity (Wildman–Crippen MR) is 195 cm³/mol. The van der Waals surface area contributed by atoms with Crippen LogP contribution in [0.3, 0.4) is 0 Å². The molecule has 3 aromatic rings. The predicted octanol–water partition coefficient (Wildman–Crippen LogP) is 8.78. The topological polar surface area (TPSA) is 143 Å². The van der Waals surface area contributed by atoms with Gasteiger partial charge in [0.05, 0.1) is 29.3 Å². The van der Waals surface area contributed by atoms with Gasteiger partial charge in [0.1, 0.15) is 11.6 Å². The fraction of sp³-hybridized carbons (Fsp3) is 0.447.